The maximum absolute atomic E-state index is 11.0. The number of nitrogens with two attached hydrogens (primary N) is 1. The summed E-state index contributed by atoms with van der Waals surface area (Å²) < 4.78 is 0.380. The van der Waals surface area contributed by atoms with Crippen molar-refractivity contribution in [3.63, 3.8) is 0 Å². The number of hydrogen-bond acceptors (Lipinski definition) is 3. The number of hydrogen-bond donors (Lipinski definition) is 3. The molecule has 0 saturated carbocycles. The molecule has 0 amide bonds. The topological polar surface area (TPSA) is 101 Å². The molecule has 0 aromatic heterocycles. The van der Waals surface area contributed by atoms with E-state index in [1.165, 1.54) is 6.92 Å². The molecule has 0 spiro atoms. The molecule has 1 aromatic carbocycles. The van der Waals surface area contributed by atoms with Gasteiger partial charge in [-0.25, -0.2) is 9.59 Å². The molecule has 0 aliphatic heterocycles. The third kappa shape index (κ3) is 1.84. The van der Waals surface area contributed by atoms with Crippen LogP contribution in [0.15, 0.2) is 0 Å². The molecule has 1 aromatic rings. The largest absolute Gasteiger partial charge is 0.478 e. The van der Waals surface area contributed by atoms with Gasteiger partial charge in [-0.2, -0.15) is 0 Å². The van der Waals surface area contributed by atoms with Crippen molar-refractivity contribution in [1.29, 1.82) is 0 Å². The lowest BCUT2D eigenvalue weighted by Gasteiger charge is -2.14. The predicted octanol–water partition coefficient (Wildman–Crippen LogP) is 1.89. The van der Waals surface area contributed by atoms with Crippen molar-refractivity contribution < 1.29 is 19.8 Å². The summed E-state index contributed by atoms with van der Waals surface area (Å²) in [5.41, 5.74) is 6.47. The van der Waals surface area contributed by atoms with Crippen LogP contribution in [0.1, 0.15) is 31.8 Å². The molecule has 1 rings (SSSR count). The monoisotopic (exact) mass is 335 g/mol. The SMILES string of the molecule is Cc1c(N)c(I)c(C(=O)O)c(C)c1C(=O)O. The molecule has 0 radical (unpaired) electrons. The van der Waals surface area contributed by atoms with Crippen molar-refractivity contribution in [2.45, 2.75) is 13.8 Å². The highest BCUT2D eigenvalue weighted by Gasteiger charge is 2.23. The van der Waals surface area contributed by atoms with Crippen LogP contribution in [0, 0.1) is 17.4 Å². The van der Waals surface area contributed by atoms with Crippen LogP contribution in [0.3, 0.4) is 0 Å². The molecule has 5 nitrogen and oxygen atoms in total. The van der Waals surface area contributed by atoms with Crippen LogP contribution in [-0.2, 0) is 0 Å². The van der Waals surface area contributed by atoms with Gasteiger partial charge in [-0.05, 0) is 47.6 Å². The first-order valence-electron chi connectivity index (χ1n) is 4.33. The van der Waals surface area contributed by atoms with Gasteiger partial charge in [0.05, 0.1) is 14.7 Å². The van der Waals surface area contributed by atoms with Crippen molar-refractivity contribution >= 4 is 40.2 Å². The summed E-state index contributed by atoms with van der Waals surface area (Å²) in [5.74, 6) is -2.34. The summed E-state index contributed by atoms with van der Waals surface area (Å²) in [6.07, 6.45) is 0. The number of benzene rings is 1. The Kier molecular flexibility index (Phi) is 3.41. The molecular formula is C10H10INO4. The van der Waals surface area contributed by atoms with Gasteiger partial charge >= 0.3 is 11.9 Å². The highest BCUT2D eigenvalue weighted by molar-refractivity contribution is 14.1. The van der Waals surface area contributed by atoms with Crippen LogP contribution in [0.2, 0.25) is 0 Å². The third-order valence-electron chi connectivity index (χ3n) is 2.41. The summed E-state index contributed by atoms with van der Waals surface area (Å²) in [5, 5.41) is 18.0. The molecule has 0 saturated heterocycles. The molecular weight excluding hydrogens is 325 g/mol. The molecule has 6 heteroatoms. The number of anilines is 1. The van der Waals surface area contributed by atoms with E-state index in [1.807, 2.05) is 22.6 Å². The van der Waals surface area contributed by atoms with Gasteiger partial charge < -0.3 is 15.9 Å². The van der Waals surface area contributed by atoms with Crippen LogP contribution in [0.5, 0.6) is 0 Å². The van der Waals surface area contributed by atoms with Crippen LogP contribution < -0.4 is 5.73 Å². The number of nitrogen functional groups attached to an aromatic ring is 1. The Balaban J connectivity index is 3.80. The Morgan fingerprint density at radius 3 is 1.88 bits per heavy atom. The maximum Gasteiger partial charge on any atom is 0.337 e. The minimum atomic E-state index is -1.17. The molecule has 0 atom stereocenters. The average Bonchev–Trinajstić information content (AvgIpc) is 2.13. The number of halogens is 1. The first-order chi connectivity index (χ1) is 7.29. The normalized spacial score (nSPS) is 10.2. The number of carboxylic acid groups (broad SMARTS) is 2. The standard InChI is InChI=1S/C10H10INO4/c1-3-5(9(13)14)4(2)8(12)7(11)6(3)10(15)16/h12H2,1-2H3,(H,13,14)(H,15,16). The molecule has 0 fully saturated rings. The highest BCUT2D eigenvalue weighted by Crippen LogP contribution is 2.30. The molecule has 0 bridgehead atoms. The number of carboxylic acids is 2. The fraction of sp³-hybridized carbons (Fsp3) is 0.200. The second-order valence-electron chi connectivity index (χ2n) is 3.34. The molecule has 0 unspecified atom stereocenters. The van der Waals surface area contributed by atoms with Crippen LogP contribution in [-0.4, -0.2) is 22.2 Å². The van der Waals surface area contributed by atoms with Crippen LogP contribution in [0.4, 0.5) is 5.69 Å². The van der Waals surface area contributed by atoms with E-state index in [2.05, 4.69) is 0 Å². The van der Waals surface area contributed by atoms with Crippen LogP contribution >= 0.6 is 22.6 Å². The van der Waals surface area contributed by atoms with E-state index in [-0.39, 0.29) is 22.4 Å². The predicted molar refractivity (Wildman–Crippen MR) is 67.0 cm³/mol. The van der Waals surface area contributed by atoms with Gasteiger partial charge in [-0.1, -0.05) is 0 Å². The van der Waals surface area contributed by atoms with E-state index >= 15 is 0 Å². The van der Waals surface area contributed by atoms with Crippen molar-refractivity contribution in [3.8, 4) is 0 Å². The fourth-order valence-corrected chi connectivity index (χ4v) is 2.62. The first kappa shape index (κ1) is 12.8. The van der Waals surface area contributed by atoms with Crippen molar-refractivity contribution in [3.05, 3.63) is 25.8 Å². The Labute approximate surface area is 105 Å². The average molecular weight is 335 g/mol. The lowest BCUT2D eigenvalue weighted by atomic mass is 9.96. The molecule has 16 heavy (non-hydrogen) atoms. The lowest BCUT2D eigenvalue weighted by molar-refractivity contribution is 0.0695. The van der Waals surface area contributed by atoms with E-state index in [9.17, 15) is 9.59 Å². The van der Waals surface area contributed by atoms with Gasteiger partial charge in [0.2, 0.25) is 0 Å². The van der Waals surface area contributed by atoms with Gasteiger partial charge in [0.1, 0.15) is 0 Å². The zero-order valence-corrected chi connectivity index (χ0v) is 10.8. The molecule has 0 aliphatic carbocycles. The van der Waals surface area contributed by atoms with E-state index < -0.39 is 11.9 Å². The van der Waals surface area contributed by atoms with Gasteiger partial charge in [-0.3, -0.25) is 0 Å². The molecule has 86 valence electrons. The summed E-state index contributed by atoms with van der Waals surface area (Å²) in [6.45, 7) is 3.04. The van der Waals surface area contributed by atoms with Gasteiger partial charge in [-0.15, -0.1) is 0 Å². The number of rotatable bonds is 2. The smallest absolute Gasteiger partial charge is 0.337 e. The van der Waals surface area contributed by atoms with E-state index in [0.29, 0.717) is 9.13 Å². The van der Waals surface area contributed by atoms with Gasteiger partial charge in [0, 0.05) is 5.69 Å². The second kappa shape index (κ2) is 4.28. The highest BCUT2D eigenvalue weighted by atomic mass is 127. The summed E-state index contributed by atoms with van der Waals surface area (Å²) >= 11 is 1.81. The van der Waals surface area contributed by atoms with Crippen molar-refractivity contribution in [2.75, 3.05) is 5.73 Å². The quantitative estimate of drug-likeness (QED) is 0.566. The molecule has 0 aliphatic rings. The summed E-state index contributed by atoms with van der Waals surface area (Å²) in [6, 6.07) is 0. The Morgan fingerprint density at radius 1 is 1.06 bits per heavy atom. The third-order valence-corrected chi connectivity index (χ3v) is 3.53. The maximum atomic E-state index is 11.0. The Hall–Kier alpha value is -1.31. The first-order valence-corrected chi connectivity index (χ1v) is 5.41. The van der Waals surface area contributed by atoms with E-state index in [1.54, 1.807) is 6.92 Å². The van der Waals surface area contributed by atoms with E-state index in [0.717, 1.165) is 0 Å². The fourth-order valence-electron chi connectivity index (χ4n) is 1.58. The van der Waals surface area contributed by atoms with Crippen LogP contribution in [0.25, 0.3) is 0 Å². The Bertz CT molecular complexity index is 455. The second-order valence-corrected chi connectivity index (χ2v) is 4.42. The Morgan fingerprint density at radius 2 is 1.50 bits per heavy atom. The van der Waals surface area contributed by atoms with Crippen molar-refractivity contribution in [2.24, 2.45) is 0 Å². The lowest BCUT2D eigenvalue weighted by Crippen LogP contribution is -2.14. The van der Waals surface area contributed by atoms with E-state index in [4.69, 9.17) is 15.9 Å². The number of aromatic carboxylic acids is 2. The zero-order chi connectivity index (χ0) is 12.6. The summed E-state index contributed by atoms with van der Waals surface area (Å²) in [7, 11) is 0. The number of carbonyl (C=O) groups is 2. The zero-order valence-electron chi connectivity index (χ0n) is 8.67. The van der Waals surface area contributed by atoms with Crippen molar-refractivity contribution in [1.82, 2.24) is 0 Å². The van der Waals surface area contributed by atoms with Gasteiger partial charge in [0.15, 0.2) is 0 Å². The molecule has 0 heterocycles. The summed E-state index contributed by atoms with van der Waals surface area (Å²) in [4.78, 5) is 22.1. The molecule has 4 N–H and O–H groups in total. The van der Waals surface area contributed by atoms with Gasteiger partial charge in [0.25, 0.3) is 0 Å². The minimum absolute atomic E-state index is 0.0321. The minimum Gasteiger partial charge on any atom is -0.478 e.